The van der Waals surface area contributed by atoms with Crippen LogP contribution in [0.25, 0.3) is 0 Å². The zero-order valence-corrected chi connectivity index (χ0v) is 12.7. The Morgan fingerprint density at radius 1 is 1.24 bits per heavy atom. The number of carbonyl (C=O) groups excluding carboxylic acids is 1. The molecule has 3 aliphatic rings. The van der Waals surface area contributed by atoms with Crippen molar-refractivity contribution in [1.29, 1.82) is 0 Å². The van der Waals surface area contributed by atoms with Crippen molar-refractivity contribution in [3.05, 3.63) is 11.6 Å². The summed E-state index contributed by atoms with van der Waals surface area (Å²) in [6, 6.07) is 0. The highest BCUT2D eigenvalue weighted by atomic mass is 16.8. The van der Waals surface area contributed by atoms with Crippen LogP contribution < -0.4 is 0 Å². The van der Waals surface area contributed by atoms with E-state index in [2.05, 4.69) is 0 Å². The lowest BCUT2D eigenvalue weighted by Gasteiger charge is -2.33. The summed E-state index contributed by atoms with van der Waals surface area (Å²) in [4.78, 5) is 11.2. The van der Waals surface area contributed by atoms with E-state index in [4.69, 9.17) is 18.9 Å². The SMILES string of the molecule is CC(C)=CCO[C@@H]1[C@H]2OC3(CCCCC3)O[C@H]2O[C@@H]1C=O. The molecule has 5 nitrogen and oxygen atoms in total. The topological polar surface area (TPSA) is 54.0 Å². The average molecular weight is 296 g/mol. The van der Waals surface area contributed by atoms with E-state index < -0.39 is 18.2 Å². The van der Waals surface area contributed by atoms with E-state index in [0.29, 0.717) is 6.61 Å². The molecule has 2 aliphatic heterocycles. The molecule has 21 heavy (non-hydrogen) atoms. The third-order valence-electron chi connectivity index (χ3n) is 4.42. The van der Waals surface area contributed by atoms with Crippen LogP contribution in [0.3, 0.4) is 0 Å². The number of ether oxygens (including phenoxy) is 4. The molecule has 1 aliphatic carbocycles. The van der Waals surface area contributed by atoms with Crippen molar-refractivity contribution < 1.29 is 23.7 Å². The number of allylic oxidation sites excluding steroid dienone is 1. The van der Waals surface area contributed by atoms with Crippen molar-refractivity contribution in [2.45, 2.75) is 76.3 Å². The first-order valence-corrected chi connectivity index (χ1v) is 7.85. The number of hydrogen-bond donors (Lipinski definition) is 0. The van der Waals surface area contributed by atoms with Gasteiger partial charge >= 0.3 is 0 Å². The molecule has 0 aromatic rings. The van der Waals surface area contributed by atoms with E-state index in [-0.39, 0.29) is 12.2 Å². The van der Waals surface area contributed by atoms with Gasteiger partial charge in [-0.3, -0.25) is 0 Å². The number of carbonyl (C=O) groups is 1. The molecule has 1 spiro atoms. The van der Waals surface area contributed by atoms with Gasteiger partial charge < -0.3 is 23.7 Å². The zero-order chi connectivity index (χ0) is 14.9. The minimum atomic E-state index is -0.605. The van der Waals surface area contributed by atoms with Gasteiger partial charge in [-0.15, -0.1) is 0 Å². The summed E-state index contributed by atoms with van der Waals surface area (Å²) in [5, 5.41) is 0. The fraction of sp³-hybridized carbons (Fsp3) is 0.812. The van der Waals surface area contributed by atoms with Gasteiger partial charge in [0.15, 0.2) is 18.4 Å². The minimum Gasteiger partial charge on any atom is -0.368 e. The molecule has 0 N–H and O–H groups in total. The number of rotatable bonds is 4. The Balaban J connectivity index is 1.67. The van der Waals surface area contributed by atoms with Crippen LogP contribution in [0.5, 0.6) is 0 Å². The Morgan fingerprint density at radius 3 is 2.67 bits per heavy atom. The summed E-state index contributed by atoms with van der Waals surface area (Å²) >= 11 is 0. The molecular weight excluding hydrogens is 272 g/mol. The lowest BCUT2D eigenvalue weighted by Crippen LogP contribution is -2.40. The highest BCUT2D eigenvalue weighted by molar-refractivity contribution is 5.58. The zero-order valence-electron chi connectivity index (χ0n) is 12.7. The van der Waals surface area contributed by atoms with Gasteiger partial charge in [0.2, 0.25) is 0 Å². The molecule has 3 fully saturated rings. The summed E-state index contributed by atoms with van der Waals surface area (Å²) in [5.41, 5.74) is 1.18. The minimum absolute atomic E-state index is 0.302. The van der Waals surface area contributed by atoms with Crippen LogP contribution in [-0.4, -0.2) is 43.3 Å². The van der Waals surface area contributed by atoms with Crippen LogP contribution in [0.4, 0.5) is 0 Å². The fourth-order valence-electron chi connectivity index (χ4n) is 3.31. The van der Waals surface area contributed by atoms with Crippen LogP contribution in [0.1, 0.15) is 46.0 Å². The standard InChI is InChI=1S/C16H24O5/c1-11(2)6-9-18-13-12(10-17)19-15-14(13)20-16(21-15)7-4-3-5-8-16/h6,10,12-15H,3-5,7-9H2,1-2H3/t12-,13+,14-,15-/m1/s1. The Kier molecular flexibility index (Phi) is 4.45. The quantitative estimate of drug-likeness (QED) is 0.589. The lowest BCUT2D eigenvalue weighted by molar-refractivity contribution is -0.244. The monoisotopic (exact) mass is 296 g/mol. The maximum absolute atomic E-state index is 11.2. The van der Waals surface area contributed by atoms with Gasteiger partial charge in [0.05, 0.1) is 6.61 Å². The summed E-state index contributed by atoms with van der Waals surface area (Å²) in [5.74, 6) is -0.514. The first-order chi connectivity index (χ1) is 10.1. The van der Waals surface area contributed by atoms with Gasteiger partial charge in [-0.1, -0.05) is 18.1 Å². The maximum Gasteiger partial charge on any atom is 0.190 e. The predicted octanol–water partition coefficient (Wildman–Crippen LogP) is 2.34. The summed E-state index contributed by atoms with van der Waals surface area (Å²) < 4.78 is 23.7. The van der Waals surface area contributed by atoms with Crippen LogP contribution in [0.2, 0.25) is 0 Å². The molecule has 0 radical (unpaired) electrons. The predicted molar refractivity (Wildman–Crippen MR) is 75.7 cm³/mol. The van der Waals surface area contributed by atoms with E-state index in [1.807, 2.05) is 19.9 Å². The number of fused-ring (bicyclic) bond motifs is 1. The molecule has 3 rings (SSSR count). The average Bonchev–Trinajstić information content (AvgIpc) is 2.94. The molecule has 118 valence electrons. The smallest absolute Gasteiger partial charge is 0.190 e. The van der Waals surface area contributed by atoms with Gasteiger partial charge in [-0.25, -0.2) is 0 Å². The molecule has 0 bridgehead atoms. The van der Waals surface area contributed by atoms with E-state index in [9.17, 15) is 4.79 Å². The maximum atomic E-state index is 11.2. The van der Waals surface area contributed by atoms with Crippen molar-refractivity contribution in [1.82, 2.24) is 0 Å². The van der Waals surface area contributed by atoms with E-state index in [0.717, 1.165) is 32.0 Å². The molecule has 0 amide bonds. The molecule has 1 saturated carbocycles. The molecule has 0 unspecified atom stereocenters. The van der Waals surface area contributed by atoms with Gasteiger partial charge in [0.1, 0.15) is 18.3 Å². The summed E-state index contributed by atoms with van der Waals surface area (Å²) in [6.07, 6.45) is 6.25. The molecule has 2 heterocycles. The number of hydrogen-bond acceptors (Lipinski definition) is 5. The van der Waals surface area contributed by atoms with Crippen molar-refractivity contribution in [3.8, 4) is 0 Å². The van der Waals surface area contributed by atoms with Crippen molar-refractivity contribution >= 4 is 6.29 Å². The Labute approximate surface area is 125 Å². The normalized spacial score (nSPS) is 37.4. The highest BCUT2D eigenvalue weighted by Gasteiger charge is 2.58. The van der Waals surface area contributed by atoms with Gasteiger partial charge in [-0.2, -0.15) is 0 Å². The van der Waals surface area contributed by atoms with E-state index >= 15 is 0 Å². The third kappa shape index (κ3) is 3.06. The van der Waals surface area contributed by atoms with Crippen molar-refractivity contribution in [2.75, 3.05) is 6.61 Å². The molecule has 5 heteroatoms. The van der Waals surface area contributed by atoms with Crippen LogP contribution in [0, 0.1) is 0 Å². The van der Waals surface area contributed by atoms with Crippen molar-refractivity contribution in [2.24, 2.45) is 0 Å². The third-order valence-corrected chi connectivity index (χ3v) is 4.42. The summed E-state index contributed by atoms with van der Waals surface area (Å²) in [7, 11) is 0. The van der Waals surface area contributed by atoms with Gasteiger partial charge in [-0.05, 0) is 26.7 Å². The van der Waals surface area contributed by atoms with E-state index in [1.165, 1.54) is 12.0 Å². The Morgan fingerprint density at radius 2 is 2.00 bits per heavy atom. The van der Waals surface area contributed by atoms with Crippen LogP contribution in [0.15, 0.2) is 11.6 Å². The summed E-state index contributed by atoms with van der Waals surface area (Å²) in [6.45, 7) is 4.49. The lowest BCUT2D eigenvalue weighted by atomic mass is 9.94. The molecule has 0 aromatic heterocycles. The van der Waals surface area contributed by atoms with E-state index in [1.54, 1.807) is 0 Å². The van der Waals surface area contributed by atoms with Crippen LogP contribution in [-0.2, 0) is 23.7 Å². The highest BCUT2D eigenvalue weighted by Crippen LogP contribution is 2.45. The first-order valence-electron chi connectivity index (χ1n) is 7.85. The molecule has 4 atom stereocenters. The second-order valence-corrected chi connectivity index (χ2v) is 6.36. The molecule has 0 aromatic carbocycles. The largest absolute Gasteiger partial charge is 0.368 e. The van der Waals surface area contributed by atoms with Crippen molar-refractivity contribution in [3.63, 3.8) is 0 Å². The van der Waals surface area contributed by atoms with Gasteiger partial charge in [0.25, 0.3) is 0 Å². The Hall–Kier alpha value is -0.750. The molecular formula is C16H24O5. The second kappa shape index (κ2) is 6.16. The fourth-order valence-corrected chi connectivity index (χ4v) is 3.31. The number of aldehydes is 1. The van der Waals surface area contributed by atoms with Crippen LogP contribution >= 0.6 is 0 Å². The first kappa shape index (κ1) is 15.2. The Bertz CT molecular complexity index is 409. The van der Waals surface area contributed by atoms with Gasteiger partial charge in [0, 0.05) is 12.8 Å². The second-order valence-electron chi connectivity index (χ2n) is 6.36. The molecule has 2 saturated heterocycles.